The average Bonchev–Trinajstić information content (AvgIpc) is 3.43. The molecule has 142 valence electrons. The molecule has 3 aromatic heterocycles. The van der Waals surface area contributed by atoms with Crippen LogP contribution in [0, 0.1) is 6.92 Å². The van der Waals surface area contributed by atoms with E-state index in [4.69, 9.17) is 0 Å². The minimum atomic E-state index is 1.31. The lowest BCUT2D eigenvalue weighted by Crippen LogP contribution is -1.76. The molecule has 0 aliphatic heterocycles. The SMILES string of the molecule is Cc1ccc2sc3c4cc5cc(-c6cc7ccccc7s6)ccc5cc4sc3c2c1. The minimum Gasteiger partial charge on any atom is -0.135 e. The highest BCUT2D eigenvalue weighted by Gasteiger charge is 2.13. The van der Waals surface area contributed by atoms with Crippen LogP contribution in [0.4, 0.5) is 0 Å². The van der Waals surface area contributed by atoms with Crippen molar-refractivity contribution in [2.24, 2.45) is 0 Å². The molecule has 0 spiro atoms. The molecule has 0 amide bonds. The molecule has 0 radical (unpaired) electrons. The summed E-state index contributed by atoms with van der Waals surface area (Å²) in [5.41, 5.74) is 2.64. The van der Waals surface area contributed by atoms with Crippen molar-refractivity contribution in [2.45, 2.75) is 6.92 Å². The van der Waals surface area contributed by atoms with E-state index in [0.717, 1.165) is 0 Å². The number of hydrogen-bond donors (Lipinski definition) is 0. The smallest absolute Gasteiger partial charge is 0.0542 e. The van der Waals surface area contributed by atoms with Crippen LogP contribution in [-0.4, -0.2) is 0 Å². The lowest BCUT2D eigenvalue weighted by atomic mass is 10.0. The number of aryl methyl sites for hydroxylation is 1. The summed E-state index contributed by atoms with van der Waals surface area (Å²) in [4.78, 5) is 1.34. The molecule has 7 aromatic rings. The first-order valence-electron chi connectivity index (χ1n) is 10.0. The molecule has 0 nitrogen and oxygen atoms in total. The highest BCUT2D eigenvalue weighted by Crippen LogP contribution is 2.45. The Hall–Kier alpha value is -2.72. The molecular formula is C27H16S3. The molecule has 7 rings (SSSR count). The van der Waals surface area contributed by atoms with E-state index in [9.17, 15) is 0 Å². The van der Waals surface area contributed by atoms with Crippen molar-refractivity contribution in [2.75, 3.05) is 0 Å². The number of thiophene rings is 3. The Morgan fingerprint density at radius 3 is 2.27 bits per heavy atom. The molecule has 0 unspecified atom stereocenters. The van der Waals surface area contributed by atoms with Crippen molar-refractivity contribution in [1.82, 2.24) is 0 Å². The van der Waals surface area contributed by atoms with Gasteiger partial charge in [-0.15, -0.1) is 34.0 Å². The quantitative estimate of drug-likeness (QED) is 0.240. The van der Waals surface area contributed by atoms with Gasteiger partial charge in [0.25, 0.3) is 0 Å². The fourth-order valence-electron chi connectivity index (χ4n) is 4.39. The van der Waals surface area contributed by atoms with Gasteiger partial charge in [-0.1, -0.05) is 42.0 Å². The first-order chi connectivity index (χ1) is 14.7. The van der Waals surface area contributed by atoms with Crippen LogP contribution in [0.5, 0.6) is 0 Å². The van der Waals surface area contributed by atoms with Crippen LogP contribution in [0.1, 0.15) is 5.56 Å². The van der Waals surface area contributed by atoms with E-state index in [1.165, 1.54) is 66.4 Å². The summed E-state index contributed by atoms with van der Waals surface area (Å²) < 4.78 is 7.01. The largest absolute Gasteiger partial charge is 0.135 e. The van der Waals surface area contributed by atoms with Gasteiger partial charge in [-0.2, -0.15) is 0 Å². The molecule has 30 heavy (non-hydrogen) atoms. The van der Waals surface area contributed by atoms with Gasteiger partial charge < -0.3 is 0 Å². The number of rotatable bonds is 1. The van der Waals surface area contributed by atoms with E-state index < -0.39 is 0 Å². The molecule has 4 aromatic carbocycles. The molecule has 0 aliphatic rings. The first-order valence-corrected chi connectivity index (χ1v) is 12.5. The summed E-state index contributed by atoms with van der Waals surface area (Å²) in [6.07, 6.45) is 0. The summed E-state index contributed by atoms with van der Waals surface area (Å²) in [6.45, 7) is 2.18. The first kappa shape index (κ1) is 17.0. The van der Waals surface area contributed by atoms with Crippen LogP contribution < -0.4 is 0 Å². The molecule has 0 bridgehead atoms. The summed E-state index contributed by atoms with van der Waals surface area (Å²) >= 11 is 5.74. The maximum atomic E-state index is 2.41. The van der Waals surface area contributed by atoms with E-state index in [0.29, 0.717) is 0 Å². The topological polar surface area (TPSA) is 0 Å². The van der Waals surface area contributed by atoms with E-state index in [2.05, 4.69) is 85.8 Å². The van der Waals surface area contributed by atoms with Crippen LogP contribution in [0.15, 0.2) is 78.9 Å². The van der Waals surface area contributed by atoms with Crippen LogP contribution in [0.2, 0.25) is 0 Å². The number of hydrogen-bond acceptors (Lipinski definition) is 3. The Bertz CT molecular complexity index is 1720. The van der Waals surface area contributed by atoms with Crippen molar-refractivity contribution in [1.29, 1.82) is 0 Å². The molecule has 0 atom stereocenters. The van der Waals surface area contributed by atoms with Gasteiger partial charge >= 0.3 is 0 Å². The molecular weight excluding hydrogens is 420 g/mol. The molecule has 0 aliphatic carbocycles. The second kappa shape index (κ2) is 6.14. The monoisotopic (exact) mass is 436 g/mol. The molecule has 0 saturated carbocycles. The van der Waals surface area contributed by atoms with Gasteiger partial charge in [0.05, 0.1) is 9.40 Å². The van der Waals surface area contributed by atoms with E-state index >= 15 is 0 Å². The van der Waals surface area contributed by atoms with Gasteiger partial charge in [0.1, 0.15) is 0 Å². The lowest BCUT2D eigenvalue weighted by molar-refractivity contribution is 1.52. The van der Waals surface area contributed by atoms with Crippen molar-refractivity contribution in [3.05, 3.63) is 84.4 Å². The van der Waals surface area contributed by atoms with E-state index in [1.54, 1.807) is 0 Å². The standard InChI is InChI=1S/C27H16S3/c1-15-6-9-23-20(10-15)26-27(29-23)21-12-19-11-18(8-7-16(19)13-25(21)30-26)24-14-17-4-2-3-5-22(17)28-24/h2-14H,1H3. The molecule has 0 saturated heterocycles. The second-order valence-electron chi connectivity index (χ2n) is 7.92. The van der Waals surface area contributed by atoms with Crippen molar-refractivity contribution < 1.29 is 0 Å². The van der Waals surface area contributed by atoms with E-state index in [-0.39, 0.29) is 0 Å². The molecule has 0 fully saturated rings. The van der Waals surface area contributed by atoms with Gasteiger partial charge in [0.2, 0.25) is 0 Å². The molecule has 3 heterocycles. The van der Waals surface area contributed by atoms with Crippen molar-refractivity contribution in [3.8, 4) is 10.4 Å². The van der Waals surface area contributed by atoms with E-state index in [1.807, 2.05) is 34.0 Å². The minimum absolute atomic E-state index is 1.31. The predicted octanol–water partition coefficient (Wildman–Crippen LogP) is 9.61. The third-order valence-corrected chi connectivity index (χ3v) is 9.59. The highest BCUT2D eigenvalue weighted by molar-refractivity contribution is 7.36. The van der Waals surface area contributed by atoms with Crippen LogP contribution in [-0.2, 0) is 0 Å². The Morgan fingerprint density at radius 2 is 1.37 bits per heavy atom. The van der Waals surface area contributed by atoms with Crippen LogP contribution in [0.3, 0.4) is 0 Å². The summed E-state index contributed by atoms with van der Waals surface area (Å²) in [6, 6.07) is 29.5. The second-order valence-corrected chi connectivity index (χ2v) is 11.1. The van der Waals surface area contributed by atoms with Crippen molar-refractivity contribution >= 4 is 84.4 Å². The average molecular weight is 437 g/mol. The zero-order chi connectivity index (χ0) is 19.8. The van der Waals surface area contributed by atoms with Gasteiger partial charge in [-0.05, 0) is 71.1 Å². The Kier molecular flexibility index (Phi) is 3.48. The Balaban J connectivity index is 1.48. The Morgan fingerprint density at radius 1 is 0.533 bits per heavy atom. The Labute approximate surface area is 185 Å². The zero-order valence-electron chi connectivity index (χ0n) is 16.2. The third kappa shape index (κ3) is 2.43. The van der Waals surface area contributed by atoms with Gasteiger partial charge in [0, 0.05) is 29.7 Å². The third-order valence-electron chi connectivity index (χ3n) is 5.90. The summed E-state index contributed by atoms with van der Waals surface area (Å²) in [5.74, 6) is 0. The summed E-state index contributed by atoms with van der Waals surface area (Å²) in [7, 11) is 0. The van der Waals surface area contributed by atoms with Crippen LogP contribution in [0.25, 0.3) is 60.9 Å². The van der Waals surface area contributed by atoms with Gasteiger partial charge in [-0.25, -0.2) is 0 Å². The lowest BCUT2D eigenvalue weighted by Gasteiger charge is -2.03. The maximum absolute atomic E-state index is 2.41. The fraction of sp³-hybridized carbons (Fsp3) is 0.0370. The predicted molar refractivity (Wildman–Crippen MR) is 138 cm³/mol. The zero-order valence-corrected chi connectivity index (χ0v) is 18.7. The van der Waals surface area contributed by atoms with Gasteiger partial charge in [-0.3, -0.25) is 0 Å². The number of fused-ring (bicyclic) bond motifs is 7. The van der Waals surface area contributed by atoms with Crippen molar-refractivity contribution in [3.63, 3.8) is 0 Å². The normalized spacial score (nSPS) is 12.2. The van der Waals surface area contributed by atoms with Crippen LogP contribution >= 0.6 is 34.0 Å². The highest BCUT2D eigenvalue weighted by atomic mass is 32.1. The maximum Gasteiger partial charge on any atom is 0.0542 e. The van der Waals surface area contributed by atoms with Gasteiger partial charge in [0.15, 0.2) is 0 Å². The molecule has 0 N–H and O–H groups in total. The molecule has 3 heteroatoms. The number of benzene rings is 4. The summed E-state index contributed by atoms with van der Waals surface area (Å²) in [5, 5.41) is 6.78. The fourth-order valence-corrected chi connectivity index (χ4v) is 8.10.